The molecule has 0 aliphatic heterocycles. The molecule has 7 nitrogen and oxygen atoms in total. The fourth-order valence-corrected chi connectivity index (χ4v) is 3.83. The third-order valence-electron chi connectivity index (χ3n) is 4.31. The zero-order valence-electron chi connectivity index (χ0n) is 15.6. The number of hydrogen-bond donors (Lipinski definition) is 1. The van der Waals surface area contributed by atoms with E-state index in [1.54, 1.807) is 20.3 Å². The van der Waals surface area contributed by atoms with Gasteiger partial charge in [0.15, 0.2) is 17.3 Å². The number of thiophene rings is 1. The fraction of sp³-hybridized carbons (Fsp3) is 0.316. The standard InChI is InChI=1S/C19H20N4O3S/c1-11-15(10-20)27-19-16(11)18(23(2)7-8-24)21-17(22-19)12-5-6-13(25-3)14(9-12)26-4/h5-6,9,24H,7-8H2,1-4H3. The lowest BCUT2D eigenvalue weighted by atomic mass is 10.1. The monoisotopic (exact) mass is 384 g/mol. The molecule has 0 unspecified atom stereocenters. The first kappa shape index (κ1) is 18.9. The van der Waals surface area contributed by atoms with Crippen molar-refractivity contribution in [3.8, 4) is 29.0 Å². The van der Waals surface area contributed by atoms with Crippen LogP contribution in [0, 0.1) is 18.3 Å². The molecule has 0 amide bonds. The second kappa shape index (κ2) is 7.78. The van der Waals surface area contributed by atoms with E-state index in [4.69, 9.17) is 14.5 Å². The Labute approximate surface area is 161 Å². The van der Waals surface area contributed by atoms with E-state index in [1.165, 1.54) is 11.3 Å². The van der Waals surface area contributed by atoms with Crippen molar-refractivity contribution in [2.45, 2.75) is 6.92 Å². The average Bonchev–Trinajstić information content (AvgIpc) is 3.02. The molecule has 0 aliphatic rings. The van der Waals surface area contributed by atoms with Gasteiger partial charge in [-0.1, -0.05) is 0 Å². The summed E-state index contributed by atoms with van der Waals surface area (Å²) in [6, 6.07) is 7.71. The van der Waals surface area contributed by atoms with E-state index in [-0.39, 0.29) is 6.61 Å². The molecule has 8 heteroatoms. The highest BCUT2D eigenvalue weighted by Gasteiger charge is 2.20. The van der Waals surface area contributed by atoms with Crippen LogP contribution in [0.25, 0.3) is 21.6 Å². The number of nitriles is 1. The first-order valence-corrected chi connectivity index (χ1v) is 9.11. The van der Waals surface area contributed by atoms with Crippen molar-refractivity contribution >= 4 is 27.4 Å². The first-order chi connectivity index (χ1) is 13.0. The maximum atomic E-state index is 9.39. The number of hydrogen-bond acceptors (Lipinski definition) is 8. The molecule has 1 aromatic carbocycles. The molecule has 0 spiro atoms. The van der Waals surface area contributed by atoms with Gasteiger partial charge in [-0.25, -0.2) is 9.97 Å². The highest BCUT2D eigenvalue weighted by Crippen LogP contribution is 2.37. The number of aromatic nitrogens is 2. The highest BCUT2D eigenvalue weighted by molar-refractivity contribution is 7.19. The first-order valence-electron chi connectivity index (χ1n) is 8.29. The van der Waals surface area contributed by atoms with E-state index in [1.807, 2.05) is 31.0 Å². The molecule has 0 aliphatic carbocycles. The number of ether oxygens (including phenoxy) is 2. The second-order valence-electron chi connectivity index (χ2n) is 5.93. The van der Waals surface area contributed by atoms with Gasteiger partial charge in [-0.05, 0) is 30.7 Å². The van der Waals surface area contributed by atoms with Crippen molar-refractivity contribution in [3.63, 3.8) is 0 Å². The van der Waals surface area contributed by atoms with Crippen LogP contribution in [0.4, 0.5) is 5.82 Å². The van der Waals surface area contributed by atoms with Crippen LogP contribution in [-0.4, -0.2) is 49.5 Å². The minimum atomic E-state index is 0.00196. The quantitative estimate of drug-likeness (QED) is 0.698. The summed E-state index contributed by atoms with van der Waals surface area (Å²) in [4.78, 5) is 12.6. The molecule has 0 saturated heterocycles. The van der Waals surface area contributed by atoms with Crippen molar-refractivity contribution in [2.75, 3.05) is 39.3 Å². The zero-order chi connectivity index (χ0) is 19.6. The summed E-state index contributed by atoms with van der Waals surface area (Å²) >= 11 is 1.34. The van der Waals surface area contributed by atoms with E-state index in [0.29, 0.717) is 34.6 Å². The lowest BCUT2D eigenvalue weighted by Gasteiger charge is -2.19. The molecular weight excluding hydrogens is 364 g/mol. The van der Waals surface area contributed by atoms with Crippen LogP contribution in [0.15, 0.2) is 18.2 Å². The summed E-state index contributed by atoms with van der Waals surface area (Å²) in [5.41, 5.74) is 1.63. The SMILES string of the molecule is COc1ccc(-c2nc(N(C)CCO)c3c(C)c(C#N)sc3n2)cc1OC. The molecule has 3 rings (SSSR count). The van der Waals surface area contributed by atoms with Crippen LogP contribution in [0.2, 0.25) is 0 Å². The number of nitrogens with zero attached hydrogens (tertiary/aromatic N) is 4. The third kappa shape index (κ3) is 3.39. The fourth-order valence-electron chi connectivity index (χ4n) is 2.86. The molecule has 0 bridgehead atoms. The lowest BCUT2D eigenvalue weighted by molar-refractivity contribution is 0.304. The summed E-state index contributed by atoms with van der Waals surface area (Å²) < 4.78 is 10.7. The number of fused-ring (bicyclic) bond motifs is 1. The summed E-state index contributed by atoms with van der Waals surface area (Å²) in [6.07, 6.45) is 0. The second-order valence-corrected chi connectivity index (χ2v) is 6.93. The Morgan fingerprint density at radius 3 is 2.59 bits per heavy atom. The minimum Gasteiger partial charge on any atom is -0.493 e. The number of anilines is 1. The number of aliphatic hydroxyl groups excluding tert-OH is 1. The molecule has 3 aromatic rings. The van der Waals surface area contributed by atoms with Crippen molar-refractivity contribution in [3.05, 3.63) is 28.6 Å². The Balaban J connectivity index is 2.24. The zero-order valence-corrected chi connectivity index (χ0v) is 16.4. The molecule has 2 heterocycles. The number of aryl methyl sites for hydroxylation is 1. The average molecular weight is 384 g/mol. The molecule has 27 heavy (non-hydrogen) atoms. The van der Waals surface area contributed by atoms with Gasteiger partial charge in [-0.15, -0.1) is 11.3 Å². The van der Waals surface area contributed by atoms with Crippen LogP contribution in [0.3, 0.4) is 0 Å². The van der Waals surface area contributed by atoms with E-state index < -0.39 is 0 Å². The van der Waals surface area contributed by atoms with Gasteiger partial charge in [0.05, 0.1) is 26.2 Å². The Kier molecular flexibility index (Phi) is 5.44. The number of aliphatic hydroxyl groups is 1. The minimum absolute atomic E-state index is 0.00196. The maximum absolute atomic E-state index is 9.39. The molecule has 140 valence electrons. The largest absolute Gasteiger partial charge is 0.493 e. The Bertz CT molecular complexity index is 1030. The summed E-state index contributed by atoms with van der Waals surface area (Å²) in [6.45, 7) is 2.32. The predicted molar refractivity (Wildman–Crippen MR) is 106 cm³/mol. The van der Waals surface area contributed by atoms with Crippen LogP contribution in [0.1, 0.15) is 10.4 Å². The number of likely N-dealkylation sites (N-methyl/N-ethyl adjacent to an activating group) is 1. The van der Waals surface area contributed by atoms with Gasteiger partial charge in [-0.2, -0.15) is 5.26 Å². The predicted octanol–water partition coefficient (Wildman–Crippen LogP) is 2.98. The Hall–Kier alpha value is -2.89. The Morgan fingerprint density at radius 2 is 1.96 bits per heavy atom. The number of methoxy groups -OCH3 is 2. The molecule has 0 atom stereocenters. The van der Waals surface area contributed by atoms with Crippen molar-refractivity contribution in [1.82, 2.24) is 9.97 Å². The van der Waals surface area contributed by atoms with Crippen molar-refractivity contribution < 1.29 is 14.6 Å². The molecular formula is C19H20N4O3S. The van der Waals surface area contributed by atoms with Crippen molar-refractivity contribution in [1.29, 1.82) is 5.26 Å². The van der Waals surface area contributed by atoms with Gasteiger partial charge in [0.1, 0.15) is 21.6 Å². The molecule has 0 radical (unpaired) electrons. The smallest absolute Gasteiger partial charge is 0.163 e. The van der Waals surface area contributed by atoms with Crippen LogP contribution < -0.4 is 14.4 Å². The van der Waals surface area contributed by atoms with Gasteiger partial charge in [0, 0.05) is 19.2 Å². The maximum Gasteiger partial charge on any atom is 0.163 e. The van der Waals surface area contributed by atoms with Crippen molar-refractivity contribution in [2.24, 2.45) is 0 Å². The summed E-state index contributed by atoms with van der Waals surface area (Å²) in [5.74, 6) is 2.42. The lowest BCUT2D eigenvalue weighted by Crippen LogP contribution is -2.23. The van der Waals surface area contributed by atoms with Crippen LogP contribution in [-0.2, 0) is 0 Å². The van der Waals surface area contributed by atoms with Gasteiger partial charge >= 0.3 is 0 Å². The number of rotatable bonds is 6. The summed E-state index contributed by atoms with van der Waals surface area (Å²) in [5, 5.41) is 19.6. The van der Waals surface area contributed by atoms with Crippen LogP contribution in [0.5, 0.6) is 11.5 Å². The van der Waals surface area contributed by atoms with Gasteiger partial charge in [0.2, 0.25) is 0 Å². The molecule has 1 N–H and O–H groups in total. The molecule has 0 saturated carbocycles. The van der Waals surface area contributed by atoms with E-state index in [0.717, 1.165) is 21.3 Å². The van der Waals surface area contributed by atoms with Gasteiger partial charge < -0.3 is 19.5 Å². The van der Waals surface area contributed by atoms with Gasteiger partial charge in [-0.3, -0.25) is 0 Å². The number of benzene rings is 1. The van der Waals surface area contributed by atoms with Gasteiger partial charge in [0.25, 0.3) is 0 Å². The highest BCUT2D eigenvalue weighted by atomic mass is 32.1. The molecule has 0 fully saturated rings. The van der Waals surface area contributed by atoms with E-state index in [2.05, 4.69) is 11.1 Å². The topological polar surface area (TPSA) is 91.5 Å². The third-order valence-corrected chi connectivity index (χ3v) is 5.40. The normalized spacial score (nSPS) is 10.7. The Morgan fingerprint density at radius 1 is 1.22 bits per heavy atom. The molecule has 2 aromatic heterocycles. The van der Waals surface area contributed by atoms with E-state index >= 15 is 0 Å². The van der Waals surface area contributed by atoms with Crippen LogP contribution >= 0.6 is 11.3 Å². The summed E-state index contributed by atoms with van der Waals surface area (Å²) in [7, 11) is 5.02. The van der Waals surface area contributed by atoms with E-state index in [9.17, 15) is 10.4 Å².